The van der Waals surface area contributed by atoms with Crippen LogP contribution in [0.3, 0.4) is 0 Å². The van der Waals surface area contributed by atoms with E-state index in [0.717, 1.165) is 0 Å². The van der Waals surface area contributed by atoms with Gasteiger partial charge in [0.15, 0.2) is 6.10 Å². The van der Waals surface area contributed by atoms with Crippen molar-refractivity contribution in [1.82, 2.24) is 5.32 Å². The van der Waals surface area contributed by atoms with Gasteiger partial charge >= 0.3 is 12.1 Å². The fourth-order valence-corrected chi connectivity index (χ4v) is 2.36. The summed E-state index contributed by atoms with van der Waals surface area (Å²) < 4.78 is 15.2. The number of esters is 1. The van der Waals surface area contributed by atoms with Crippen molar-refractivity contribution in [3.05, 3.63) is 17.7 Å². The second-order valence-corrected chi connectivity index (χ2v) is 5.22. The number of nitrogens with zero attached hydrogens (tertiary/aromatic N) is 1. The highest BCUT2D eigenvalue weighted by molar-refractivity contribution is 6.00. The molecule has 0 fully saturated rings. The molecule has 0 unspecified atom stereocenters. The maximum atomic E-state index is 12.4. The fraction of sp³-hybridized carbons (Fsp3) is 0.353. The molecule has 0 radical (unpaired) electrons. The Kier molecular flexibility index (Phi) is 5.49. The summed E-state index contributed by atoms with van der Waals surface area (Å²) in [5.74, 6) is 2.15. The van der Waals surface area contributed by atoms with Gasteiger partial charge in [0.1, 0.15) is 11.5 Å². The lowest BCUT2D eigenvalue weighted by molar-refractivity contribution is -0.131. The average Bonchev–Trinajstić information content (AvgIpc) is 2.57. The Hall–Kier alpha value is -3.21. The summed E-state index contributed by atoms with van der Waals surface area (Å²) in [6.07, 6.45) is 4.13. The number of carbonyl (C=O) groups is 3. The highest BCUT2D eigenvalue weighted by Gasteiger charge is 2.32. The average molecular weight is 346 g/mol. The van der Waals surface area contributed by atoms with Crippen molar-refractivity contribution in [3.8, 4) is 23.8 Å². The van der Waals surface area contributed by atoms with Gasteiger partial charge in [0.05, 0.1) is 18.4 Å². The van der Waals surface area contributed by atoms with E-state index in [1.807, 2.05) is 0 Å². The lowest BCUT2D eigenvalue weighted by Crippen LogP contribution is -2.47. The smallest absolute Gasteiger partial charge is 0.406 e. The summed E-state index contributed by atoms with van der Waals surface area (Å²) in [6.45, 7) is 3.22. The molecule has 0 saturated heterocycles. The summed E-state index contributed by atoms with van der Waals surface area (Å²) in [7, 11) is 1.25. The van der Waals surface area contributed by atoms with E-state index in [2.05, 4.69) is 16.0 Å². The molecule has 1 aliphatic rings. The number of ether oxygens (including phenoxy) is 3. The first kappa shape index (κ1) is 18.1. The Morgan fingerprint density at radius 1 is 1.44 bits per heavy atom. The predicted octanol–water partition coefficient (Wildman–Crippen LogP) is 1.06. The third-order valence-corrected chi connectivity index (χ3v) is 3.47. The molecule has 25 heavy (non-hydrogen) atoms. The van der Waals surface area contributed by atoms with Crippen LogP contribution in [0.5, 0.6) is 11.5 Å². The normalized spacial score (nSPS) is 15.5. The second kappa shape index (κ2) is 7.57. The second-order valence-electron chi connectivity index (χ2n) is 5.22. The van der Waals surface area contributed by atoms with Gasteiger partial charge in [-0.3, -0.25) is 9.59 Å². The zero-order valence-electron chi connectivity index (χ0n) is 14.1. The summed E-state index contributed by atoms with van der Waals surface area (Å²) >= 11 is 0. The van der Waals surface area contributed by atoms with Gasteiger partial charge in [0, 0.05) is 32.1 Å². The Balaban J connectivity index is 2.35. The molecule has 0 spiro atoms. The van der Waals surface area contributed by atoms with E-state index in [1.165, 1.54) is 31.1 Å². The van der Waals surface area contributed by atoms with Crippen LogP contribution in [0.2, 0.25) is 0 Å². The van der Waals surface area contributed by atoms with Gasteiger partial charge in [-0.25, -0.2) is 4.79 Å². The van der Waals surface area contributed by atoms with Crippen molar-refractivity contribution in [3.63, 3.8) is 0 Å². The standard InChI is InChI=1S/C17H18N2O6/c1-5-12-8-15-13(9-14(12)25-11(3)20)19(16(21)10(2)24-15)7-6-18-17(22)23-4/h1,8-10H,6-7H2,2-4H3,(H,18,22)/t10-/m1/s1. The van der Waals surface area contributed by atoms with E-state index in [9.17, 15) is 14.4 Å². The molecule has 1 heterocycles. The van der Waals surface area contributed by atoms with Crippen molar-refractivity contribution in [2.24, 2.45) is 0 Å². The zero-order valence-corrected chi connectivity index (χ0v) is 14.1. The number of anilines is 1. The number of carbonyl (C=O) groups excluding carboxylic acids is 3. The molecule has 1 atom stereocenters. The molecule has 1 aromatic rings. The topological polar surface area (TPSA) is 94.2 Å². The van der Waals surface area contributed by atoms with Crippen molar-refractivity contribution in [2.45, 2.75) is 20.0 Å². The predicted molar refractivity (Wildman–Crippen MR) is 88.5 cm³/mol. The molecule has 1 aromatic carbocycles. The molecule has 2 rings (SSSR count). The van der Waals surface area contributed by atoms with Crippen molar-refractivity contribution in [2.75, 3.05) is 25.1 Å². The molecular weight excluding hydrogens is 328 g/mol. The van der Waals surface area contributed by atoms with E-state index in [0.29, 0.717) is 17.0 Å². The van der Waals surface area contributed by atoms with Crippen molar-refractivity contribution in [1.29, 1.82) is 0 Å². The first-order valence-corrected chi connectivity index (χ1v) is 7.50. The molecule has 1 N–H and O–H groups in total. The van der Waals surface area contributed by atoms with Crippen LogP contribution in [-0.4, -0.2) is 44.3 Å². The largest absolute Gasteiger partial charge is 0.479 e. The number of hydrogen-bond acceptors (Lipinski definition) is 6. The van der Waals surface area contributed by atoms with Gasteiger partial charge in [0.25, 0.3) is 5.91 Å². The maximum Gasteiger partial charge on any atom is 0.406 e. The van der Waals surface area contributed by atoms with E-state index in [4.69, 9.17) is 15.9 Å². The number of methoxy groups -OCH3 is 1. The molecule has 8 nitrogen and oxygen atoms in total. The fourth-order valence-electron chi connectivity index (χ4n) is 2.36. The highest BCUT2D eigenvalue weighted by atomic mass is 16.5. The molecule has 2 amide bonds. The third-order valence-electron chi connectivity index (χ3n) is 3.47. The van der Waals surface area contributed by atoms with Crippen molar-refractivity contribution < 1.29 is 28.6 Å². The molecular formula is C17H18N2O6. The Morgan fingerprint density at radius 3 is 2.76 bits per heavy atom. The Morgan fingerprint density at radius 2 is 2.16 bits per heavy atom. The van der Waals surface area contributed by atoms with Crippen LogP contribution in [0.25, 0.3) is 0 Å². The first-order chi connectivity index (χ1) is 11.9. The SMILES string of the molecule is C#Cc1cc2c(cc1OC(C)=O)N(CCNC(=O)OC)C(=O)[C@@H](C)O2. The minimum Gasteiger partial charge on any atom is -0.479 e. The quantitative estimate of drug-likeness (QED) is 0.498. The number of terminal acetylenes is 1. The molecule has 0 bridgehead atoms. The van der Waals surface area contributed by atoms with E-state index >= 15 is 0 Å². The van der Waals surface area contributed by atoms with Gasteiger partial charge in [-0.1, -0.05) is 5.92 Å². The van der Waals surface area contributed by atoms with Gasteiger partial charge in [0.2, 0.25) is 0 Å². The van der Waals surface area contributed by atoms with Crippen LogP contribution in [-0.2, 0) is 14.3 Å². The van der Waals surface area contributed by atoms with Gasteiger partial charge in [-0.05, 0) is 6.92 Å². The number of fused-ring (bicyclic) bond motifs is 1. The molecule has 8 heteroatoms. The minimum absolute atomic E-state index is 0.158. The summed E-state index contributed by atoms with van der Waals surface area (Å²) in [5.41, 5.74) is 0.744. The van der Waals surface area contributed by atoms with E-state index < -0.39 is 18.2 Å². The lowest BCUT2D eigenvalue weighted by Gasteiger charge is -2.33. The van der Waals surface area contributed by atoms with Crippen LogP contribution < -0.4 is 19.7 Å². The van der Waals surface area contributed by atoms with E-state index in [1.54, 1.807) is 6.92 Å². The number of nitrogens with one attached hydrogen (secondary N) is 1. The maximum absolute atomic E-state index is 12.4. The Labute approximate surface area is 145 Å². The first-order valence-electron chi connectivity index (χ1n) is 7.50. The molecule has 0 aromatic heterocycles. The zero-order chi connectivity index (χ0) is 18.6. The summed E-state index contributed by atoms with van der Waals surface area (Å²) in [6, 6.07) is 3.02. The van der Waals surface area contributed by atoms with Gasteiger partial charge in [-0.15, -0.1) is 6.42 Å². The number of hydrogen-bond donors (Lipinski definition) is 1. The third kappa shape index (κ3) is 4.01. The molecule has 0 saturated carbocycles. The van der Waals surface area contributed by atoms with Crippen LogP contribution in [0.4, 0.5) is 10.5 Å². The van der Waals surface area contributed by atoms with Crippen LogP contribution in [0, 0.1) is 12.3 Å². The Bertz CT molecular complexity index is 752. The number of alkyl carbamates (subject to hydrolysis) is 1. The summed E-state index contributed by atoms with van der Waals surface area (Å²) in [4.78, 5) is 36.3. The van der Waals surface area contributed by atoms with Crippen LogP contribution in [0.1, 0.15) is 19.4 Å². The van der Waals surface area contributed by atoms with Crippen LogP contribution in [0.15, 0.2) is 12.1 Å². The molecule has 0 aliphatic carbocycles. The molecule has 132 valence electrons. The van der Waals surface area contributed by atoms with Gasteiger partial charge in [-0.2, -0.15) is 0 Å². The lowest BCUT2D eigenvalue weighted by atomic mass is 10.1. The molecule has 1 aliphatic heterocycles. The number of rotatable bonds is 4. The van der Waals surface area contributed by atoms with Crippen LogP contribution >= 0.6 is 0 Å². The number of amides is 2. The monoisotopic (exact) mass is 346 g/mol. The van der Waals surface area contributed by atoms with Crippen molar-refractivity contribution >= 4 is 23.7 Å². The van der Waals surface area contributed by atoms with Gasteiger partial charge < -0.3 is 24.4 Å². The number of benzene rings is 1. The van der Waals surface area contributed by atoms with E-state index in [-0.39, 0.29) is 24.7 Å². The highest BCUT2D eigenvalue weighted by Crippen LogP contribution is 2.39. The summed E-state index contributed by atoms with van der Waals surface area (Å²) in [5, 5.41) is 2.50. The minimum atomic E-state index is -0.712.